The number of nitrogens with one attached hydrogen (secondary N) is 2. The van der Waals surface area contributed by atoms with Gasteiger partial charge in [-0.15, -0.1) is 0 Å². The molecule has 1 saturated heterocycles. The number of aliphatic hydroxyl groups excluding tert-OH is 3. The molecule has 4 atom stereocenters. The van der Waals surface area contributed by atoms with Crippen molar-refractivity contribution in [1.29, 1.82) is 0 Å². The Bertz CT molecular complexity index is 588. The molecule has 112 valence electrons. The summed E-state index contributed by atoms with van der Waals surface area (Å²) in [6.07, 6.45) is -1.95. The van der Waals surface area contributed by atoms with E-state index in [-0.39, 0.29) is 12.1 Å². The van der Waals surface area contributed by atoms with E-state index >= 15 is 0 Å². The van der Waals surface area contributed by atoms with Gasteiger partial charge in [0.2, 0.25) is 0 Å². The second-order valence-electron chi connectivity index (χ2n) is 4.63. The third-order valence-electron chi connectivity index (χ3n) is 3.36. The van der Waals surface area contributed by atoms with Crippen LogP contribution in [0.3, 0.4) is 0 Å². The quantitative estimate of drug-likeness (QED) is 0.366. The van der Waals surface area contributed by atoms with Crippen LogP contribution in [0.4, 0.5) is 0 Å². The number of aromatic amines is 1. The number of rotatable bonds is 4. The number of aliphatic hydroxyl groups is 3. The van der Waals surface area contributed by atoms with E-state index in [2.05, 4.69) is 25.9 Å². The van der Waals surface area contributed by atoms with Crippen molar-refractivity contribution >= 4 is 15.6 Å². The number of hydrogen-bond acceptors (Lipinski definition) is 6. The molecule has 0 spiro atoms. The Morgan fingerprint density at radius 1 is 1.60 bits per heavy atom. The fourth-order valence-electron chi connectivity index (χ4n) is 2.42. The summed E-state index contributed by atoms with van der Waals surface area (Å²) in [5.74, 6) is 0. The number of likely N-dealkylation sites (N-methyl/N-ethyl adjacent to an activating group) is 1. The molecule has 0 bridgehead atoms. The van der Waals surface area contributed by atoms with E-state index in [1.165, 1.54) is 16.8 Å². The maximum absolute atomic E-state index is 11.3. The van der Waals surface area contributed by atoms with Gasteiger partial charge in [0.15, 0.2) is 0 Å². The van der Waals surface area contributed by atoms with E-state index in [0.29, 0.717) is 4.32 Å². The molecule has 20 heavy (non-hydrogen) atoms. The topological polar surface area (TPSA) is 120 Å². The maximum atomic E-state index is 11.3. The standard InChI is InChI=1S/C11H17N3O5Se/c1-12-5-11(9(18)8(17)6(4-15)19-11)14-3-2-7(16)13-10(14)20/h2-3,6,8-9,12,15,17-18H,4-5H2,1H3,(H,13,16,20)/t6-,8-,9-,11-/m1/s1. The Labute approximate surface area is 122 Å². The molecule has 0 aliphatic carbocycles. The van der Waals surface area contributed by atoms with Crippen molar-refractivity contribution in [2.75, 3.05) is 20.2 Å². The average Bonchev–Trinajstić information content (AvgIpc) is 2.65. The van der Waals surface area contributed by atoms with Gasteiger partial charge >= 0.3 is 122 Å². The average molecular weight is 350 g/mol. The third kappa shape index (κ3) is 2.42. The molecule has 1 aromatic rings. The zero-order valence-electron chi connectivity index (χ0n) is 10.8. The minimum atomic E-state index is -1.33. The number of hydrogen-bond donors (Lipinski definition) is 5. The predicted molar refractivity (Wildman–Crippen MR) is 69.9 cm³/mol. The molecule has 0 radical (unpaired) electrons. The number of aromatic nitrogens is 2. The molecule has 0 amide bonds. The summed E-state index contributed by atoms with van der Waals surface area (Å²) in [6, 6.07) is 1.28. The molecule has 0 saturated carbocycles. The molecule has 1 aromatic heterocycles. The summed E-state index contributed by atoms with van der Waals surface area (Å²) in [4.78, 5) is 13.8. The van der Waals surface area contributed by atoms with E-state index in [0.717, 1.165) is 0 Å². The minimum absolute atomic E-state index is 0.174. The number of nitrogens with zero attached hydrogens (tertiary/aromatic N) is 1. The Morgan fingerprint density at radius 3 is 2.80 bits per heavy atom. The first-order chi connectivity index (χ1) is 9.46. The summed E-state index contributed by atoms with van der Waals surface area (Å²) in [5, 5.41) is 32.4. The second kappa shape index (κ2) is 5.90. The third-order valence-corrected chi connectivity index (χ3v) is 3.99. The van der Waals surface area contributed by atoms with Crippen molar-refractivity contribution in [1.82, 2.24) is 14.9 Å². The SMILES string of the molecule is CNC[C@@]1(n2ccc(=O)[nH]c2=[Se])O[C@H](CO)[C@@H](O)[C@H]1O. The van der Waals surface area contributed by atoms with Gasteiger partial charge in [0.25, 0.3) is 0 Å². The summed E-state index contributed by atoms with van der Waals surface area (Å²) in [5.41, 5.74) is -1.63. The summed E-state index contributed by atoms with van der Waals surface area (Å²) in [7, 11) is 1.67. The first-order valence-corrected chi connectivity index (χ1v) is 6.94. The fraction of sp³-hybridized carbons (Fsp3) is 0.636. The molecule has 1 fully saturated rings. The van der Waals surface area contributed by atoms with Crippen LogP contribution >= 0.6 is 0 Å². The predicted octanol–water partition coefficient (Wildman–Crippen LogP) is -3.14. The first-order valence-electron chi connectivity index (χ1n) is 6.08. The van der Waals surface area contributed by atoms with Crippen LogP contribution in [0.2, 0.25) is 0 Å². The van der Waals surface area contributed by atoms with Gasteiger partial charge in [-0.25, -0.2) is 0 Å². The van der Waals surface area contributed by atoms with Gasteiger partial charge in [-0.3, -0.25) is 0 Å². The summed E-state index contributed by atoms with van der Waals surface area (Å²) < 4.78 is 7.52. The normalized spacial score (nSPS) is 33.5. The van der Waals surface area contributed by atoms with Crippen LogP contribution in [0.1, 0.15) is 0 Å². The molecule has 5 N–H and O–H groups in total. The van der Waals surface area contributed by atoms with Crippen molar-refractivity contribution in [3.63, 3.8) is 0 Å². The van der Waals surface area contributed by atoms with Gasteiger partial charge < -0.3 is 0 Å². The second-order valence-corrected chi connectivity index (χ2v) is 5.44. The monoisotopic (exact) mass is 351 g/mol. The molecule has 2 rings (SSSR count). The van der Waals surface area contributed by atoms with Crippen LogP contribution in [-0.4, -0.2) is 79.0 Å². The van der Waals surface area contributed by atoms with E-state index < -0.39 is 30.6 Å². The summed E-state index contributed by atoms with van der Waals surface area (Å²) >= 11 is 2.68. The van der Waals surface area contributed by atoms with Crippen molar-refractivity contribution in [2.45, 2.75) is 24.0 Å². The Morgan fingerprint density at radius 2 is 2.30 bits per heavy atom. The van der Waals surface area contributed by atoms with Gasteiger partial charge in [0.05, 0.1) is 0 Å². The number of H-pyrrole nitrogens is 1. The van der Waals surface area contributed by atoms with Crippen LogP contribution in [0.15, 0.2) is 17.1 Å². The summed E-state index contributed by atoms with van der Waals surface area (Å²) in [6.45, 7) is -0.247. The fourth-order valence-corrected chi connectivity index (χ4v) is 3.08. The molecule has 2 heterocycles. The Hall–Kier alpha value is -0.801. The number of ether oxygens (including phenoxy) is 1. The van der Waals surface area contributed by atoms with Gasteiger partial charge in [-0.1, -0.05) is 0 Å². The van der Waals surface area contributed by atoms with Crippen molar-refractivity contribution in [3.05, 3.63) is 26.9 Å². The van der Waals surface area contributed by atoms with E-state index in [4.69, 9.17) is 4.74 Å². The molecule has 8 nitrogen and oxygen atoms in total. The van der Waals surface area contributed by atoms with Crippen LogP contribution in [-0.2, 0) is 10.5 Å². The first kappa shape index (κ1) is 15.6. The van der Waals surface area contributed by atoms with Crippen LogP contribution in [0, 0.1) is 4.32 Å². The molecule has 1 aliphatic heterocycles. The molecular formula is C11H17N3O5Se. The molecule has 0 aromatic carbocycles. The van der Waals surface area contributed by atoms with Gasteiger partial charge in [-0.05, 0) is 0 Å². The zero-order valence-corrected chi connectivity index (χ0v) is 12.5. The van der Waals surface area contributed by atoms with E-state index in [1.807, 2.05) is 0 Å². The van der Waals surface area contributed by atoms with E-state index in [9.17, 15) is 20.1 Å². The van der Waals surface area contributed by atoms with E-state index in [1.54, 1.807) is 7.05 Å². The van der Waals surface area contributed by atoms with Crippen LogP contribution in [0.25, 0.3) is 0 Å². The van der Waals surface area contributed by atoms with Crippen LogP contribution < -0.4 is 10.9 Å². The zero-order chi connectivity index (χ0) is 14.9. The van der Waals surface area contributed by atoms with Gasteiger partial charge in [0, 0.05) is 0 Å². The van der Waals surface area contributed by atoms with Gasteiger partial charge in [0.1, 0.15) is 0 Å². The van der Waals surface area contributed by atoms with Crippen molar-refractivity contribution in [2.24, 2.45) is 0 Å². The molecule has 1 aliphatic rings. The van der Waals surface area contributed by atoms with Crippen LogP contribution in [0.5, 0.6) is 0 Å². The van der Waals surface area contributed by atoms with Crippen molar-refractivity contribution < 1.29 is 20.1 Å². The van der Waals surface area contributed by atoms with Gasteiger partial charge in [-0.2, -0.15) is 0 Å². The van der Waals surface area contributed by atoms with Crippen molar-refractivity contribution in [3.8, 4) is 0 Å². The Balaban J connectivity index is 2.55. The Kier molecular flexibility index (Phi) is 4.60. The molecule has 9 heteroatoms. The molecular weight excluding hydrogens is 333 g/mol. The molecule has 0 unspecified atom stereocenters.